The summed E-state index contributed by atoms with van der Waals surface area (Å²) in [7, 11) is 2.98. The minimum absolute atomic E-state index is 0.0487. The van der Waals surface area contributed by atoms with Gasteiger partial charge < -0.3 is 14.6 Å². The molecule has 1 fully saturated rings. The van der Waals surface area contributed by atoms with Crippen LogP contribution in [-0.4, -0.2) is 54.9 Å². The molecule has 4 rings (SSSR count). The Morgan fingerprint density at radius 1 is 1.34 bits per heavy atom. The molecular formula is C21H28BrNO6. The first-order valence-electron chi connectivity index (χ1n) is 10.2. The second kappa shape index (κ2) is 8.04. The lowest BCUT2D eigenvalue weighted by atomic mass is 9.60. The molecule has 8 heteroatoms. The molecular weight excluding hydrogens is 442 g/mol. The average molecular weight is 470 g/mol. The van der Waals surface area contributed by atoms with Crippen LogP contribution in [0.2, 0.25) is 0 Å². The predicted octanol–water partition coefficient (Wildman–Crippen LogP) is 2.83. The summed E-state index contributed by atoms with van der Waals surface area (Å²) in [6.07, 6.45) is 5.15. The third kappa shape index (κ3) is 3.53. The van der Waals surface area contributed by atoms with Crippen LogP contribution in [-0.2, 0) is 23.9 Å². The molecule has 0 saturated heterocycles. The molecule has 2 unspecified atom stereocenters. The molecule has 160 valence electrons. The van der Waals surface area contributed by atoms with Crippen molar-refractivity contribution in [1.82, 2.24) is 5.06 Å². The zero-order valence-electron chi connectivity index (χ0n) is 16.9. The Labute approximate surface area is 179 Å². The van der Waals surface area contributed by atoms with E-state index in [4.69, 9.17) is 9.57 Å². The number of Topliss-reactive ketones (excluding diaryl/α,β-unsaturated/α-hetero) is 1. The van der Waals surface area contributed by atoms with Gasteiger partial charge in [-0.25, -0.2) is 0 Å². The Hall–Kier alpha value is -1.38. The van der Waals surface area contributed by atoms with Crippen molar-refractivity contribution in [2.24, 2.45) is 17.3 Å². The molecule has 1 saturated carbocycles. The Balaban J connectivity index is 1.67. The van der Waals surface area contributed by atoms with Crippen molar-refractivity contribution >= 4 is 27.7 Å². The van der Waals surface area contributed by atoms with E-state index in [9.17, 15) is 14.7 Å². The SMILES string of the molecule is COC(=O)CCC(=O)C1CC[C@H]2OC3=C4[C@@H](C[C@H](O)C3)CN(OC)C=C(Br)C42C1. The summed E-state index contributed by atoms with van der Waals surface area (Å²) >= 11 is 3.81. The van der Waals surface area contributed by atoms with Crippen molar-refractivity contribution in [3.63, 3.8) is 0 Å². The van der Waals surface area contributed by atoms with Crippen LogP contribution in [0.4, 0.5) is 0 Å². The van der Waals surface area contributed by atoms with Gasteiger partial charge in [-0.2, -0.15) is 0 Å². The normalized spacial score (nSPS) is 35.9. The number of aliphatic hydroxyl groups is 1. The molecule has 1 N–H and O–H groups in total. The topological polar surface area (TPSA) is 85.3 Å². The van der Waals surface area contributed by atoms with Gasteiger partial charge in [0.1, 0.15) is 11.9 Å². The van der Waals surface area contributed by atoms with Gasteiger partial charge in [-0.1, -0.05) is 15.9 Å². The zero-order chi connectivity index (χ0) is 20.8. The van der Waals surface area contributed by atoms with Gasteiger partial charge in [0, 0.05) is 35.4 Å². The van der Waals surface area contributed by atoms with Crippen LogP contribution in [0.3, 0.4) is 0 Å². The Bertz CT molecular complexity index is 764. The highest BCUT2D eigenvalue weighted by molar-refractivity contribution is 9.11. The molecule has 4 aliphatic rings. The lowest BCUT2D eigenvalue weighted by Crippen LogP contribution is -2.44. The minimum Gasteiger partial charge on any atom is -0.493 e. The number of nitrogens with zero attached hydrogens (tertiary/aromatic N) is 1. The monoisotopic (exact) mass is 469 g/mol. The highest BCUT2D eigenvalue weighted by Crippen LogP contribution is 2.63. The quantitative estimate of drug-likeness (QED) is 0.619. The van der Waals surface area contributed by atoms with Gasteiger partial charge in [-0.3, -0.25) is 19.5 Å². The van der Waals surface area contributed by atoms with E-state index in [1.165, 1.54) is 12.7 Å². The van der Waals surface area contributed by atoms with Gasteiger partial charge in [0.05, 0.1) is 44.5 Å². The average Bonchev–Trinajstić information content (AvgIpc) is 2.99. The largest absolute Gasteiger partial charge is 0.493 e. The summed E-state index contributed by atoms with van der Waals surface area (Å²) in [6, 6.07) is 0. The fourth-order valence-corrected chi connectivity index (χ4v) is 6.49. The second-order valence-corrected chi connectivity index (χ2v) is 9.34. The number of hydrogen-bond acceptors (Lipinski definition) is 7. The van der Waals surface area contributed by atoms with Crippen molar-refractivity contribution in [2.75, 3.05) is 20.8 Å². The molecule has 0 amide bonds. The molecule has 0 aromatic carbocycles. The van der Waals surface area contributed by atoms with Crippen LogP contribution in [0.5, 0.6) is 0 Å². The summed E-state index contributed by atoms with van der Waals surface area (Å²) in [4.78, 5) is 29.9. The number of hydroxylamine groups is 2. The number of carbonyl (C=O) groups is 2. The number of carbonyl (C=O) groups excluding carboxylic acids is 2. The number of ether oxygens (including phenoxy) is 2. The number of methoxy groups -OCH3 is 1. The lowest BCUT2D eigenvalue weighted by Gasteiger charge is -2.44. The lowest BCUT2D eigenvalue weighted by molar-refractivity contribution is -0.142. The van der Waals surface area contributed by atoms with Crippen molar-refractivity contribution in [2.45, 2.75) is 57.2 Å². The van der Waals surface area contributed by atoms with E-state index in [2.05, 4.69) is 20.7 Å². The highest BCUT2D eigenvalue weighted by atomic mass is 79.9. The van der Waals surface area contributed by atoms with Gasteiger partial charge in [0.25, 0.3) is 0 Å². The predicted molar refractivity (Wildman–Crippen MR) is 107 cm³/mol. The number of halogens is 1. The summed E-state index contributed by atoms with van der Waals surface area (Å²) < 4.78 is 12.0. The van der Waals surface area contributed by atoms with Crippen molar-refractivity contribution in [1.29, 1.82) is 0 Å². The van der Waals surface area contributed by atoms with Crippen LogP contribution in [0.1, 0.15) is 44.9 Å². The van der Waals surface area contributed by atoms with E-state index < -0.39 is 11.5 Å². The van der Waals surface area contributed by atoms with Crippen molar-refractivity contribution in [3.8, 4) is 0 Å². The number of hydrogen-bond donors (Lipinski definition) is 1. The first-order valence-corrected chi connectivity index (χ1v) is 11.0. The van der Waals surface area contributed by atoms with Crippen molar-refractivity contribution in [3.05, 3.63) is 22.0 Å². The van der Waals surface area contributed by atoms with Crippen LogP contribution in [0.25, 0.3) is 0 Å². The van der Waals surface area contributed by atoms with Crippen LogP contribution >= 0.6 is 15.9 Å². The molecule has 0 bridgehead atoms. The van der Waals surface area contributed by atoms with Crippen molar-refractivity contribution < 1.29 is 29.0 Å². The molecule has 2 aliphatic heterocycles. The van der Waals surface area contributed by atoms with E-state index in [0.29, 0.717) is 25.8 Å². The maximum absolute atomic E-state index is 12.9. The zero-order valence-corrected chi connectivity index (χ0v) is 18.4. The van der Waals surface area contributed by atoms with E-state index in [1.54, 1.807) is 12.2 Å². The summed E-state index contributed by atoms with van der Waals surface area (Å²) in [6.45, 7) is 0.639. The van der Waals surface area contributed by atoms with E-state index in [-0.39, 0.29) is 42.5 Å². The third-order valence-corrected chi connectivity index (χ3v) is 7.84. The first-order chi connectivity index (χ1) is 13.9. The second-order valence-electron chi connectivity index (χ2n) is 8.49. The molecule has 29 heavy (non-hydrogen) atoms. The number of aliphatic hydroxyl groups excluding tert-OH is 1. The van der Waals surface area contributed by atoms with Gasteiger partial charge >= 0.3 is 5.97 Å². The van der Waals surface area contributed by atoms with E-state index in [1.807, 2.05) is 6.20 Å². The van der Waals surface area contributed by atoms with Crippen LogP contribution in [0, 0.1) is 17.3 Å². The van der Waals surface area contributed by atoms with Crippen LogP contribution in [0.15, 0.2) is 22.0 Å². The molecule has 0 radical (unpaired) electrons. The smallest absolute Gasteiger partial charge is 0.305 e. The molecule has 0 aromatic rings. The Morgan fingerprint density at radius 2 is 2.14 bits per heavy atom. The standard InChI is InChI=1S/C21H28BrNO6/c1-27-19(26)6-4-15(25)12-3-5-18-21(9-12)17(22)11-23(28-2)10-13-7-14(24)8-16(29-18)20(13)21/h11-14,18,24H,3-10H2,1-2H3/t12?,13-,14-,18+,21?/m0/s1. The fourth-order valence-electron chi connectivity index (χ4n) is 5.63. The highest BCUT2D eigenvalue weighted by Gasteiger charge is 2.60. The van der Waals surface area contributed by atoms with Gasteiger partial charge in [0.15, 0.2) is 0 Å². The number of ketones is 1. The molecule has 1 spiro atoms. The summed E-state index contributed by atoms with van der Waals surface area (Å²) in [5.74, 6) is 0.623. The molecule has 2 aliphatic carbocycles. The van der Waals surface area contributed by atoms with Crippen LogP contribution < -0.4 is 0 Å². The Morgan fingerprint density at radius 3 is 2.86 bits per heavy atom. The molecule has 2 heterocycles. The number of rotatable bonds is 5. The molecule has 5 atom stereocenters. The van der Waals surface area contributed by atoms with E-state index in [0.717, 1.165) is 23.1 Å². The van der Waals surface area contributed by atoms with Gasteiger partial charge in [0.2, 0.25) is 0 Å². The number of esters is 1. The maximum atomic E-state index is 12.9. The third-order valence-electron chi connectivity index (χ3n) is 6.92. The van der Waals surface area contributed by atoms with Gasteiger partial charge in [-0.05, 0) is 31.3 Å². The molecule has 0 aromatic heterocycles. The Kier molecular flexibility index (Phi) is 5.79. The maximum Gasteiger partial charge on any atom is 0.305 e. The first kappa shape index (κ1) is 20.9. The van der Waals surface area contributed by atoms with E-state index >= 15 is 0 Å². The minimum atomic E-state index is -0.427. The molecule has 7 nitrogen and oxygen atoms in total. The van der Waals surface area contributed by atoms with Gasteiger partial charge in [-0.15, -0.1) is 0 Å². The summed E-state index contributed by atoms with van der Waals surface area (Å²) in [5.41, 5.74) is 0.818. The summed E-state index contributed by atoms with van der Waals surface area (Å²) in [5, 5.41) is 12.2. The fraction of sp³-hybridized carbons (Fsp3) is 0.714.